The number of ether oxygens (including phenoxy) is 3. The van der Waals surface area contributed by atoms with Gasteiger partial charge < -0.3 is 19.5 Å². The van der Waals surface area contributed by atoms with Crippen LogP contribution in [0.25, 0.3) is 28.2 Å². The lowest BCUT2D eigenvalue weighted by molar-refractivity contribution is 0.0592. The molecule has 10 heteroatoms. The quantitative estimate of drug-likeness (QED) is 0.147. The Morgan fingerprint density at radius 3 is 2.26 bits per heavy atom. The van der Waals surface area contributed by atoms with Crippen LogP contribution in [0.1, 0.15) is 49.2 Å². The predicted molar refractivity (Wildman–Crippen MR) is 155 cm³/mol. The molecule has 0 unspecified atom stereocenters. The maximum Gasteiger partial charge on any atom is 0.409 e. The molecule has 0 radical (unpaired) electrons. The smallest absolute Gasteiger partial charge is 0.409 e. The normalized spacial score (nSPS) is 14.4. The molecule has 1 aliphatic carbocycles. The molecule has 0 atom stereocenters. The van der Waals surface area contributed by atoms with Gasteiger partial charge >= 0.3 is 12.1 Å². The first-order valence-corrected chi connectivity index (χ1v) is 13.6. The number of methoxy groups -OCH3 is 2. The molecule has 4 aromatic rings. The molecule has 9 nitrogen and oxygen atoms in total. The number of halogens is 1. The van der Waals surface area contributed by atoms with Crippen LogP contribution in [0.5, 0.6) is 5.88 Å². The molecule has 1 fully saturated rings. The monoisotopic (exact) mass is 640 g/mol. The SMILES string of the molecule is COC(=O)c1cn2c(-c3ccccc3)c(-c3ccc(C4(NC(=O)OC(C)(C)I)CCC4)cc3)nc2c(OC)n1. The van der Waals surface area contributed by atoms with Crippen LogP contribution in [0.15, 0.2) is 60.8 Å². The number of hydrogen-bond donors (Lipinski definition) is 1. The Hall–Kier alpha value is -3.67. The molecule has 0 saturated heterocycles. The van der Waals surface area contributed by atoms with Gasteiger partial charge in [0.1, 0.15) is 0 Å². The molecule has 202 valence electrons. The van der Waals surface area contributed by atoms with Crippen LogP contribution in [0.2, 0.25) is 0 Å². The molecule has 0 spiro atoms. The maximum atomic E-state index is 12.6. The van der Waals surface area contributed by atoms with E-state index in [9.17, 15) is 9.59 Å². The van der Waals surface area contributed by atoms with E-state index in [1.165, 1.54) is 14.2 Å². The van der Waals surface area contributed by atoms with Crippen molar-refractivity contribution in [3.8, 4) is 28.4 Å². The summed E-state index contributed by atoms with van der Waals surface area (Å²) in [5.41, 5.74) is 4.41. The Kier molecular flexibility index (Phi) is 7.23. The molecule has 1 aliphatic rings. The molecule has 0 aliphatic heterocycles. The number of benzene rings is 2. The number of imidazole rings is 1. The van der Waals surface area contributed by atoms with Crippen LogP contribution in [0.3, 0.4) is 0 Å². The summed E-state index contributed by atoms with van der Waals surface area (Å²) in [5.74, 6) is -0.358. The molecular weight excluding hydrogens is 611 g/mol. The molecule has 1 saturated carbocycles. The molecular formula is C29H29IN4O5. The highest BCUT2D eigenvalue weighted by molar-refractivity contribution is 14.1. The number of nitrogens with one attached hydrogen (secondary N) is 1. The van der Waals surface area contributed by atoms with Crippen LogP contribution in [0.4, 0.5) is 4.79 Å². The summed E-state index contributed by atoms with van der Waals surface area (Å²) in [7, 11) is 2.80. The fraction of sp³-hybridized carbons (Fsp3) is 0.310. The molecule has 1 amide bonds. The van der Waals surface area contributed by atoms with E-state index in [-0.39, 0.29) is 11.6 Å². The first kappa shape index (κ1) is 26.9. The third-order valence-corrected chi connectivity index (χ3v) is 7.03. The van der Waals surface area contributed by atoms with Crippen LogP contribution < -0.4 is 10.1 Å². The molecule has 39 heavy (non-hydrogen) atoms. The zero-order valence-corrected chi connectivity index (χ0v) is 24.3. The fourth-order valence-electron chi connectivity index (χ4n) is 4.84. The number of aromatic nitrogens is 3. The van der Waals surface area contributed by atoms with Crippen LogP contribution in [-0.4, -0.2) is 44.3 Å². The van der Waals surface area contributed by atoms with Gasteiger partial charge in [-0.05, 0) is 61.3 Å². The molecule has 2 aromatic carbocycles. The summed E-state index contributed by atoms with van der Waals surface area (Å²) in [6, 6.07) is 17.9. The first-order valence-electron chi connectivity index (χ1n) is 12.6. The van der Waals surface area contributed by atoms with Crippen LogP contribution in [-0.2, 0) is 15.0 Å². The lowest BCUT2D eigenvalue weighted by Gasteiger charge is -2.43. The van der Waals surface area contributed by atoms with Gasteiger partial charge in [-0.3, -0.25) is 4.40 Å². The van der Waals surface area contributed by atoms with Crippen molar-refractivity contribution in [2.45, 2.75) is 42.3 Å². The van der Waals surface area contributed by atoms with Gasteiger partial charge in [0, 0.05) is 17.3 Å². The zero-order chi connectivity index (χ0) is 27.8. The molecule has 2 aromatic heterocycles. The van der Waals surface area contributed by atoms with Gasteiger partial charge in [-0.15, -0.1) is 0 Å². The number of nitrogens with zero attached hydrogens (tertiary/aromatic N) is 3. The number of hydrogen-bond acceptors (Lipinski definition) is 7. The Morgan fingerprint density at radius 2 is 1.69 bits per heavy atom. The van der Waals surface area contributed by atoms with Crippen molar-refractivity contribution in [3.63, 3.8) is 0 Å². The van der Waals surface area contributed by atoms with E-state index in [1.54, 1.807) is 6.20 Å². The van der Waals surface area contributed by atoms with Crippen LogP contribution in [0, 0.1) is 0 Å². The number of fused-ring (bicyclic) bond motifs is 1. The second-order valence-electron chi connectivity index (χ2n) is 9.89. The van der Waals surface area contributed by atoms with Gasteiger partial charge in [0.25, 0.3) is 5.88 Å². The highest BCUT2D eigenvalue weighted by Gasteiger charge is 2.41. The maximum absolute atomic E-state index is 12.6. The summed E-state index contributed by atoms with van der Waals surface area (Å²) < 4.78 is 17.1. The van der Waals surface area contributed by atoms with Crippen LogP contribution >= 0.6 is 22.6 Å². The number of rotatable bonds is 7. The van der Waals surface area contributed by atoms with E-state index in [0.717, 1.165) is 41.6 Å². The number of carbonyl (C=O) groups excluding carboxylic acids is 2. The van der Waals surface area contributed by atoms with Gasteiger partial charge in [0.05, 0.1) is 31.1 Å². The second kappa shape index (κ2) is 10.5. The number of alkyl halides is 1. The van der Waals surface area contributed by atoms with Gasteiger partial charge in [0.15, 0.2) is 9.30 Å². The van der Waals surface area contributed by atoms with E-state index in [1.807, 2.05) is 72.8 Å². The number of amides is 1. The van der Waals surface area contributed by atoms with Crippen molar-refractivity contribution in [1.29, 1.82) is 0 Å². The Balaban J connectivity index is 1.59. The number of carbonyl (C=O) groups is 2. The van der Waals surface area contributed by atoms with Gasteiger partial charge in [-0.1, -0.05) is 54.6 Å². The van der Waals surface area contributed by atoms with Crippen molar-refractivity contribution in [1.82, 2.24) is 19.7 Å². The number of esters is 1. The van der Waals surface area contributed by atoms with Gasteiger partial charge in [0.2, 0.25) is 5.65 Å². The van der Waals surface area contributed by atoms with E-state index in [4.69, 9.17) is 19.2 Å². The number of alkyl carbamates (subject to hydrolysis) is 1. The summed E-state index contributed by atoms with van der Waals surface area (Å²) in [6.07, 6.45) is 3.89. The Morgan fingerprint density at radius 1 is 1.00 bits per heavy atom. The molecule has 5 rings (SSSR count). The largest absolute Gasteiger partial charge is 0.478 e. The van der Waals surface area contributed by atoms with E-state index in [2.05, 4.69) is 32.9 Å². The van der Waals surface area contributed by atoms with Crippen molar-refractivity contribution >= 4 is 40.3 Å². The fourth-order valence-corrected chi connectivity index (χ4v) is 5.04. The third-order valence-electron chi connectivity index (χ3n) is 6.81. The van der Waals surface area contributed by atoms with E-state index in [0.29, 0.717) is 11.3 Å². The minimum absolute atomic E-state index is 0.109. The summed E-state index contributed by atoms with van der Waals surface area (Å²) in [4.78, 5) is 34.2. The average Bonchev–Trinajstić information content (AvgIpc) is 3.29. The zero-order valence-electron chi connectivity index (χ0n) is 22.2. The minimum Gasteiger partial charge on any atom is -0.478 e. The minimum atomic E-state index is -0.600. The summed E-state index contributed by atoms with van der Waals surface area (Å²) in [6.45, 7) is 3.68. The van der Waals surface area contributed by atoms with E-state index >= 15 is 0 Å². The topological polar surface area (TPSA) is 104 Å². The predicted octanol–water partition coefficient (Wildman–Crippen LogP) is 6.14. The van der Waals surface area contributed by atoms with Crippen molar-refractivity contribution in [3.05, 3.63) is 72.1 Å². The average molecular weight is 640 g/mol. The van der Waals surface area contributed by atoms with Gasteiger partial charge in [-0.2, -0.15) is 0 Å². The van der Waals surface area contributed by atoms with Crippen molar-refractivity contribution in [2.24, 2.45) is 0 Å². The van der Waals surface area contributed by atoms with E-state index < -0.39 is 21.2 Å². The Labute approximate surface area is 240 Å². The Bertz CT molecular complexity index is 1520. The summed E-state index contributed by atoms with van der Waals surface area (Å²) in [5, 5.41) is 3.10. The highest BCUT2D eigenvalue weighted by atomic mass is 127. The lowest BCUT2D eigenvalue weighted by Crippen LogP contribution is -2.51. The second-order valence-corrected chi connectivity index (χ2v) is 12.5. The molecule has 1 N–H and O–H groups in total. The third kappa shape index (κ3) is 5.29. The van der Waals surface area contributed by atoms with Gasteiger partial charge in [-0.25, -0.2) is 19.6 Å². The van der Waals surface area contributed by atoms with Crippen molar-refractivity contribution < 1.29 is 23.8 Å². The molecule has 2 heterocycles. The first-order chi connectivity index (χ1) is 18.6. The highest BCUT2D eigenvalue weighted by Crippen LogP contribution is 2.43. The summed E-state index contributed by atoms with van der Waals surface area (Å²) >= 11 is 2.09. The lowest BCUT2D eigenvalue weighted by atomic mass is 9.71. The molecule has 0 bridgehead atoms. The van der Waals surface area contributed by atoms with Crippen molar-refractivity contribution in [2.75, 3.05) is 14.2 Å². The standard InChI is InChI=1S/C29H29IN4O5/c1-28(2,30)39-27(36)33-29(15-8-16-29)20-13-11-18(12-14-20)22-23(19-9-6-5-7-10-19)34-17-21(26(35)38-4)31-25(37-3)24(34)32-22/h5-7,9-14,17H,8,15-16H2,1-4H3,(H,33,36).